The first-order valence-corrected chi connectivity index (χ1v) is 7.25. The van der Waals surface area contributed by atoms with Crippen LogP contribution in [0.1, 0.15) is 27.4 Å². The van der Waals surface area contributed by atoms with Crippen molar-refractivity contribution in [3.05, 3.63) is 46.3 Å². The SMILES string of the molecule is COC(=O)c1cc(NC(=O)N(C)Cc2c(C)noc2C)c(F)cc1F. The Kier molecular flexibility index (Phi) is 5.35. The molecule has 9 heteroatoms. The van der Waals surface area contributed by atoms with Gasteiger partial charge in [0, 0.05) is 18.7 Å². The summed E-state index contributed by atoms with van der Waals surface area (Å²) in [5, 5.41) is 6.08. The fourth-order valence-corrected chi connectivity index (χ4v) is 2.16. The highest BCUT2D eigenvalue weighted by Gasteiger charge is 2.20. The van der Waals surface area contributed by atoms with Gasteiger partial charge in [0.15, 0.2) is 0 Å². The molecule has 0 aliphatic heterocycles. The molecule has 1 aromatic carbocycles. The molecule has 0 saturated heterocycles. The van der Waals surface area contributed by atoms with E-state index in [-0.39, 0.29) is 12.2 Å². The van der Waals surface area contributed by atoms with Gasteiger partial charge in [-0.3, -0.25) is 0 Å². The van der Waals surface area contributed by atoms with Crippen molar-refractivity contribution in [2.24, 2.45) is 0 Å². The number of urea groups is 1. The highest BCUT2D eigenvalue weighted by atomic mass is 19.1. The zero-order chi connectivity index (χ0) is 18.7. The summed E-state index contributed by atoms with van der Waals surface area (Å²) >= 11 is 0. The van der Waals surface area contributed by atoms with Crippen molar-refractivity contribution in [1.29, 1.82) is 0 Å². The number of aryl methyl sites for hydroxylation is 2. The second kappa shape index (κ2) is 7.29. The number of nitrogens with zero attached hydrogens (tertiary/aromatic N) is 2. The van der Waals surface area contributed by atoms with Gasteiger partial charge < -0.3 is 19.5 Å². The van der Waals surface area contributed by atoms with Crippen molar-refractivity contribution < 1.29 is 27.6 Å². The number of halogens is 2. The van der Waals surface area contributed by atoms with Gasteiger partial charge in [-0.15, -0.1) is 0 Å². The number of benzene rings is 1. The molecule has 0 unspecified atom stereocenters. The number of carbonyl (C=O) groups excluding carboxylic acids is 2. The van der Waals surface area contributed by atoms with E-state index in [0.717, 1.165) is 18.7 Å². The molecule has 7 nitrogen and oxygen atoms in total. The van der Waals surface area contributed by atoms with Crippen LogP contribution in [-0.4, -0.2) is 36.2 Å². The molecular weight excluding hydrogens is 336 g/mol. The minimum Gasteiger partial charge on any atom is -0.465 e. The van der Waals surface area contributed by atoms with E-state index in [0.29, 0.717) is 17.5 Å². The lowest BCUT2D eigenvalue weighted by atomic mass is 10.1. The lowest BCUT2D eigenvalue weighted by Gasteiger charge is -2.18. The molecule has 0 saturated carbocycles. The molecular formula is C16H17F2N3O4. The average Bonchev–Trinajstić information content (AvgIpc) is 2.88. The van der Waals surface area contributed by atoms with Crippen molar-refractivity contribution in [2.75, 3.05) is 19.5 Å². The molecule has 0 atom stereocenters. The molecule has 134 valence electrons. The van der Waals surface area contributed by atoms with Gasteiger partial charge in [0.25, 0.3) is 0 Å². The summed E-state index contributed by atoms with van der Waals surface area (Å²) < 4.78 is 36.9. The van der Waals surface area contributed by atoms with E-state index in [2.05, 4.69) is 15.2 Å². The summed E-state index contributed by atoms with van der Waals surface area (Å²) in [4.78, 5) is 25.0. The first-order valence-electron chi connectivity index (χ1n) is 7.25. The molecule has 0 fully saturated rings. The third-order valence-electron chi connectivity index (χ3n) is 3.63. The zero-order valence-electron chi connectivity index (χ0n) is 14.1. The van der Waals surface area contributed by atoms with Crippen molar-refractivity contribution in [2.45, 2.75) is 20.4 Å². The predicted octanol–water partition coefficient (Wildman–Crippen LogP) is 3.02. The number of hydrogen-bond donors (Lipinski definition) is 1. The van der Waals surface area contributed by atoms with Crippen LogP contribution in [0.2, 0.25) is 0 Å². The number of anilines is 1. The summed E-state index contributed by atoms with van der Waals surface area (Å²) in [6.07, 6.45) is 0. The zero-order valence-corrected chi connectivity index (χ0v) is 14.1. The molecule has 1 N–H and O–H groups in total. The maximum absolute atomic E-state index is 13.9. The normalized spacial score (nSPS) is 10.5. The van der Waals surface area contributed by atoms with Gasteiger partial charge in [0.05, 0.1) is 30.6 Å². The largest absolute Gasteiger partial charge is 0.465 e. The number of ether oxygens (including phenoxy) is 1. The van der Waals surface area contributed by atoms with Crippen LogP contribution in [0.15, 0.2) is 16.7 Å². The van der Waals surface area contributed by atoms with Crippen molar-refractivity contribution in [3.8, 4) is 0 Å². The number of methoxy groups -OCH3 is 1. The standard InChI is InChI=1S/C16H17F2N3O4/c1-8-11(9(2)25-20-8)7-21(3)16(23)19-14-5-10(15(22)24-4)12(17)6-13(14)18/h5-6H,7H2,1-4H3,(H,19,23). The molecule has 0 aliphatic carbocycles. The third kappa shape index (κ3) is 3.93. The Bertz CT molecular complexity index is 800. The maximum Gasteiger partial charge on any atom is 0.340 e. The summed E-state index contributed by atoms with van der Waals surface area (Å²) in [6.45, 7) is 3.63. The van der Waals surface area contributed by atoms with Gasteiger partial charge in [-0.2, -0.15) is 0 Å². The minimum atomic E-state index is -1.08. The van der Waals surface area contributed by atoms with Crippen LogP contribution in [-0.2, 0) is 11.3 Å². The fourth-order valence-electron chi connectivity index (χ4n) is 2.16. The van der Waals surface area contributed by atoms with Crippen molar-refractivity contribution in [3.63, 3.8) is 0 Å². The monoisotopic (exact) mass is 353 g/mol. The predicted molar refractivity (Wildman–Crippen MR) is 84.2 cm³/mol. The minimum absolute atomic E-state index is 0.180. The van der Waals surface area contributed by atoms with E-state index < -0.39 is 29.2 Å². The molecule has 2 amide bonds. The van der Waals surface area contributed by atoms with Crippen molar-refractivity contribution in [1.82, 2.24) is 10.1 Å². The molecule has 2 aromatic rings. The fraction of sp³-hybridized carbons (Fsp3) is 0.312. The number of esters is 1. The molecule has 0 aliphatic rings. The summed E-state index contributed by atoms with van der Waals surface area (Å²) in [6, 6.07) is 0.746. The average molecular weight is 353 g/mol. The first kappa shape index (κ1) is 18.4. The number of carbonyl (C=O) groups is 2. The van der Waals surface area contributed by atoms with Crippen LogP contribution < -0.4 is 5.32 Å². The van der Waals surface area contributed by atoms with E-state index in [9.17, 15) is 18.4 Å². The topological polar surface area (TPSA) is 84.7 Å². The van der Waals surface area contributed by atoms with Gasteiger partial charge in [0.2, 0.25) is 0 Å². The second-order valence-corrected chi connectivity index (χ2v) is 5.39. The molecule has 0 spiro atoms. The Morgan fingerprint density at radius 3 is 2.52 bits per heavy atom. The molecule has 25 heavy (non-hydrogen) atoms. The van der Waals surface area contributed by atoms with E-state index in [4.69, 9.17) is 4.52 Å². The molecule has 2 rings (SSSR count). The van der Waals surface area contributed by atoms with Crippen LogP contribution in [0.4, 0.5) is 19.3 Å². The van der Waals surface area contributed by atoms with Gasteiger partial charge in [0.1, 0.15) is 17.4 Å². The van der Waals surface area contributed by atoms with E-state index >= 15 is 0 Å². The van der Waals surface area contributed by atoms with Crippen LogP contribution in [0.3, 0.4) is 0 Å². The summed E-state index contributed by atoms with van der Waals surface area (Å²) in [5.41, 5.74) is 0.551. The summed E-state index contributed by atoms with van der Waals surface area (Å²) in [5.74, 6) is -2.49. The lowest BCUT2D eigenvalue weighted by Crippen LogP contribution is -2.31. The first-order chi connectivity index (χ1) is 11.7. The Balaban J connectivity index is 2.18. The number of rotatable bonds is 4. The van der Waals surface area contributed by atoms with Crippen LogP contribution >= 0.6 is 0 Å². The third-order valence-corrected chi connectivity index (χ3v) is 3.63. The van der Waals surface area contributed by atoms with E-state index in [1.807, 2.05) is 0 Å². The Morgan fingerprint density at radius 2 is 1.96 bits per heavy atom. The lowest BCUT2D eigenvalue weighted by molar-refractivity contribution is 0.0595. The number of aromatic nitrogens is 1. The Hall–Kier alpha value is -2.97. The molecule has 0 bridgehead atoms. The summed E-state index contributed by atoms with van der Waals surface area (Å²) in [7, 11) is 2.56. The van der Waals surface area contributed by atoms with Crippen LogP contribution in [0.5, 0.6) is 0 Å². The van der Waals surface area contributed by atoms with Crippen LogP contribution in [0.25, 0.3) is 0 Å². The Morgan fingerprint density at radius 1 is 1.28 bits per heavy atom. The smallest absolute Gasteiger partial charge is 0.340 e. The molecule has 1 heterocycles. The maximum atomic E-state index is 13.9. The second-order valence-electron chi connectivity index (χ2n) is 5.39. The Labute approximate surface area is 142 Å². The van der Waals surface area contributed by atoms with Gasteiger partial charge in [-0.05, 0) is 19.9 Å². The van der Waals surface area contributed by atoms with E-state index in [1.165, 1.54) is 11.9 Å². The number of hydrogen-bond acceptors (Lipinski definition) is 5. The number of amides is 2. The molecule has 0 radical (unpaired) electrons. The van der Waals surface area contributed by atoms with Gasteiger partial charge in [-0.1, -0.05) is 5.16 Å². The van der Waals surface area contributed by atoms with Gasteiger partial charge >= 0.3 is 12.0 Å². The highest BCUT2D eigenvalue weighted by Crippen LogP contribution is 2.21. The number of nitrogens with one attached hydrogen (secondary N) is 1. The van der Waals surface area contributed by atoms with Crippen molar-refractivity contribution >= 4 is 17.7 Å². The van der Waals surface area contributed by atoms with Crippen LogP contribution in [0, 0.1) is 25.5 Å². The quantitative estimate of drug-likeness (QED) is 0.854. The molecule has 1 aromatic heterocycles. The van der Waals surface area contributed by atoms with Gasteiger partial charge in [-0.25, -0.2) is 18.4 Å². The highest BCUT2D eigenvalue weighted by molar-refractivity contribution is 5.94. The van der Waals surface area contributed by atoms with E-state index in [1.54, 1.807) is 13.8 Å².